The smallest absolute Gasteiger partial charge is 0.338 e. The Labute approximate surface area is 142 Å². The molecule has 0 unspecified atom stereocenters. The van der Waals surface area contributed by atoms with Crippen LogP contribution in [0.5, 0.6) is 0 Å². The first-order chi connectivity index (χ1) is 11.6. The number of aliphatic imine (C=N–C) groups is 1. The number of hydrogen-bond acceptors (Lipinski definition) is 6. The highest BCUT2D eigenvalue weighted by molar-refractivity contribution is 8.18. The van der Waals surface area contributed by atoms with Gasteiger partial charge >= 0.3 is 5.97 Å². The Morgan fingerprint density at radius 2 is 2.04 bits per heavy atom. The van der Waals surface area contributed by atoms with Crippen LogP contribution in [0.1, 0.15) is 23.0 Å². The lowest BCUT2D eigenvalue weighted by Crippen LogP contribution is -2.03. The number of furan rings is 1. The molecule has 7 heteroatoms. The van der Waals surface area contributed by atoms with Gasteiger partial charge in [0.1, 0.15) is 11.5 Å². The van der Waals surface area contributed by atoms with Crippen LogP contribution in [-0.2, 0) is 9.53 Å². The van der Waals surface area contributed by atoms with Crippen molar-refractivity contribution < 1.29 is 18.7 Å². The van der Waals surface area contributed by atoms with Crippen LogP contribution >= 0.6 is 11.8 Å². The SMILES string of the molecule is CCOC(=O)c1ccc(-c2ccc(C=C3SC(N)=NC3=O)o2)cc1. The predicted molar refractivity (Wildman–Crippen MR) is 92.3 cm³/mol. The first kappa shape index (κ1) is 16.1. The third-order valence-corrected chi connectivity index (χ3v) is 4.03. The van der Waals surface area contributed by atoms with Gasteiger partial charge in [0.15, 0.2) is 5.17 Å². The molecule has 0 aliphatic carbocycles. The summed E-state index contributed by atoms with van der Waals surface area (Å²) in [6.45, 7) is 2.10. The van der Waals surface area contributed by atoms with E-state index in [4.69, 9.17) is 14.9 Å². The standard InChI is InChI=1S/C17H14N2O4S/c1-2-22-16(21)11-5-3-10(4-6-11)13-8-7-12(23-13)9-14-15(20)19-17(18)24-14/h3-9H,2H2,1H3,(H2,18,19,20). The Balaban J connectivity index is 1.77. The molecule has 1 aliphatic heterocycles. The number of carbonyl (C=O) groups excluding carboxylic acids is 2. The summed E-state index contributed by atoms with van der Waals surface area (Å²) in [6.07, 6.45) is 1.60. The fourth-order valence-corrected chi connectivity index (χ4v) is 2.79. The molecule has 6 nitrogen and oxygen atoms in total. The molecule has 0 atom stereocenters. The largest absolute Gasteiger partial charge is 0.462 e. The molecule has 24 heavy (non-hydrogen) atoms. The number of carbonyl (C=O) groups is 2. The maximum Gasteiger partial charge on any atom is 0.338 e. The lowest BCUT2D eigenvalue weighted by molar-refractivity contribution is -0.113. The number of rotatable bonds is 4. The lowest BCUT2D eigenvalue weighted by Gasteiger charge is -2.02. The molecule has 1 aromatic heterocycles. The summed E-state index contributed by atoms with van der Waals surface area (Å²) in [6, 6.07) is 10.5. The first-order valence-electron chi connectivity index (χ1n) is 7.22. The minimum atomic E-state index is -0.366. The van der Waals surface area contributed by atoms with Gasteiger partial charge in [-0.15, -0.1) is 0 Å². The lowest BCUT2D eigenvalue weighted by atomic mass is 10.1. The Bertz CT molecular complexity index is 850. The van der Waals surface area contributed by atoms with Gasteiger partial charge in [-0.25, -0.2) is 4.79 Å². The molecule has 2 aromatic rings. The van der Waals surface area contributed by atoms with Gasteiger partial charge in [0.2, 0.25) is 0 Å². The van der Waals surface area contributed by atoms with Crippen molar-refractivity contribution in [3.05, 3.63) is 52.6 Å². The molecular weight excluding hydrogens is 328 g/mol. The normalized spacial score (nSPS) is 15.6. The number of amides is 1. The van der Waals surface area contributed by atoms with E-state index in [1.165, 1.54) is 0 Å². The number of benzene rings is 1. The Kier molecular flexibility index (Phi) is 4.52. The zero-order valence-electron chi connectivity index (χ0n) is 12.8. The van der Waals surface area contributed by atoms with Crippen LogP contribution in [0, 0.1) is 0 Å². The maximum atomic E-state index is 11.6. The highest BCUT2D eigenvalue weighted by Gasteiger charge is 2.20. The second-order valence-electron chi connectivity index (χ2n) is 4.87. The van der Waals surface area contributed by atoms with E-state index in [1.807, 2.05) is 0 Å². The second kappa shape index (κ2) is 6.76. The zero-order valence-corrected chi connectivity index (χ0v) is 13.6. The van der Waals surface area contributed by atoms with Crippen molar-refractivity contribution in [1.82, 2.24) is 0 Å². The van der Waals surface area contributed by atoms with Gasteiger partial charge in [-0.05, 0) is 43.0 Å². The van der Waals surface area contributed by atoms with Gasteiger partial charge in [0.05, 0.1) is 17.1 Å². The van der Waals surface area contributed by atoms with Crippen LogP contribution < -0.4 is 5.73 Å². The number of nitrogens with zero attached hydrogens (tertiary/aromatic N) is 1. The molecule has 0 saturated heterocycles. The number of ether oxygens (including phenoxy) is 1. The summed E-state index contributed by atoms with van der Waals surface area (Å²) in [5.41, 5.74) is 6.80. The van der Waals surface area contributed by atoms with E-state index in [0.29, 0.717) is 28.6 Å². The van der Waals surface area contributed by atoms with Crippen molar-refractivity contribution in [2.24, 2.45) is 10.7 Å². The fraction of sp³-hybridized carbons (Fsp3) is 0.118. The van der Waals surface area contributed by atoms with Crippen molar-refractivity contribution >= 4 is 34.9 Å². The summed E-state index contributed by atoms with van der Waals surface area (Å²) in [4.78, 5) is 27.3. The molecule has 1 amide bonds. The van der Waals surface area contributed by atoms with Crippen molar-refractivity contribution in [3.63, 3.8) is 0 Å². The predicted octanol–water partition coefficient (Wildman–Crippen LogP) is 3.05. The molecule has 0 radical (unpaired) electrons. The number of esters is 1. The topological polar surface area (TPSA) is 94.9 Å². The van der Waals surface area contributed by atoms with E-state index in [0.717, 1.165) is 17.3 Å². The zero-order chi connectivity index (χ0) is 17.1. The van der Waals surface area contributed by atoms with Crippen LogP contribution in [0.3, 0.4) is 0 Å². The molecule has 1 aliphatic rings. The average molecular weight is 342 g/mol. The van der Waals surface area contributed by atoms with Crippen molar-refractivity contribution in [3.8, 4) is 11.3 Å². The molecule has 0 spiro atoms. The van der Waals surface area contributed by atoms with Crippen molar-refractivity contribution in [2.75, 3.05) is 6.61 Å². The summed E-state index contributed by atoms with van der Waals surface area (Å²) >= 11 is 1.11. The summed E-state index contributed by atoms with van der Waals surface area (Å²) in [5.74, 6) is 0.430. The summed E-state index contributed by atoms with van der Waals surface area (Å²) in [5, 5.41) is 0.229. The second-order valence-corrected chi connectivity index (χ2v) is 5.93. The van der Waals surface area contributed by atoms with Crippen LogP contribution in [0.25, 0.3) is 17.4 Å². The van der Waals surface area contributed by atoms with Crippen molar-refractivity contribution in [2.45, 2.75) is 6.92 Å². The van der Waals surface area contributed by atoms with E-state index in [2.05, 4.69) is 4.99 Å². The van der Waals surface area contributed by atoms with Gasteiger partial charge < -0.3 is 14.9 Å². The Hall–Kier alpha value is -2.80. The third kappa shape index (κ3) is 3.41. The number of amidine groups is 1. The quantitative estimate of drug-likeness (QED) is 0.678. The maximum absolute atomic E-state index is 11.6. The van der Waals surface area contributed by atoms with Crippen molar-refractivity contribution in [1.29, 1.82) is 0 Å². The average Bonchev–Trinajstić information content (AvgIpc) is 3.15. The number of thioether (sulfide) groups is 1. The molecule has 1 aromatic carbocycles. The third-order valence-electron chi connectivity index (χ3n) is 3.22. The summed E-state index contributed by atoms with van der Waals surface area (Å²) in [7, 11) is 0. The number of nitrogens with two attached hydrogens (primary N) is 1. The molecule has 0 saturated carbocycles. The van der Waals surface area contributed by atoms with Gasteiger partial charge in [-0.1, -0.05) is 12.1 Å². The van der Waals surface area contributed by atoms with Crippen LogP contribution in [0.4, 0.5) is 0 Å². The van der Waals surface area contributed by atoms with Crippen LogP contribution in [0.15, 0.2) is 50.7 Å². The van der Waals surface area contributed by atoms with E-state index in [9.17, 15) is 9.59 Å². The highest BCUT2D eigenvalue weighted by atomic mass is 32.2. The minimum Gasteiger partial charge on any atom is -0.462 e. The van der Waals surface area contributed by atoms with E-state index in [-0.39, 0.29) is 17.0 Å². The van der Waals surface area contributed by atoms with Gasteiger partial charge in [-0.2, -0.15) is 4.99 Å². The molecule has 2 N–H and O–H groups in total. The highest BCUT2D eigenvalue weighted by Crippen LogP contribution is 2.29. The van der Waals surface area contributed by atoms with Crippen LogP contribution in [-0.4, -0.2) is 23.7 Å². The summed E-state index contributed by atoms with van der Waals surface area (Å²) < 4.78 is 10.7. The minimum absolute atomic E-state index is 0.229. The van der Waals surface area contributed by atoms with Gasteiger partial charge in [0.25, 0.3) is 5.91 Å². The van der Waals surface area contributed by atoms with Crippen LogP contribution in [0.2, 0.25) is 0 Å². The van der Waals surface area contributed by atoms with E-state index >= 15 is 0 Å². The monoisotopic (exact) mass is 342 g/mol. The first-order valence-corrected chi connectivity index (χ1v) is 8.04. The molecule has 0 bridgehead atoms. The fourth-order valence-electron chi connectivity index (χ4n) is 2.13. The Morgan fingerprint density at radius 1 is 1.29 bits per heavy atom. The van der Waals surface area contributed by atoms with Gasteiger partial charge in [-0.3, -0.25) is 4.79 Å². The molecule has 122 valence electrons. The molecular formula is C17H14N2O4S. The molecule has 2 heterocycles. The molecule has 0 fully saturated rings. The Morgan fingerprint density at radius 3 is 2.67 bits per heavy atom. The van der Waals surface area contributed by atoms with E-state index < -0.39 is 0 Å². The number of hydrogen-bond donors (Lipinski definition) is 1. The van der Waals surface area contributed by atoms with Gasteiger partial charge in [0, 0.05) is 11.6 Å². The van der Waals surface area contributed by atoms with E-state index in [1.54, 1.807) is 49.4 Å². The molecule has 3 rings (SSSR count).